The van der Waals surface area contributed by atoms with Gasteiger partial charge in [-0.1, -0.05) is 261 Å². The standard InChI is InChI=1S/C40H28N2.C34H22/c41-31-24-22-29-21-23-30-37-35(29)38(31)32(25-13-5-1-6-14-25)33(26-15-7-2-8-16-26)39(37)34(27-17-9-3-10-18-27)36(40(30)42)28-19-11-4-12-20-28;1-3-11-25-21-27(19-17-23(25)9-1)33-29-13-5-7-15-31(29)34(32-16-8-6-14-30(32)33)28-20-18-24-10-2-4-12-26(24)22-28/h1-24H,41-42H2;1-22H. The fourth-order valence-corrected chi connectivity index (χ4v) is 12.2. The number of benzene rings is 15. The predicted octanol–water partition coefficient (Wildman–Crippen LogP) is 20.0. The van der Waals surface area contributed by atoms with Gasteiger partial charge in [0, 0.05) is 49.6 Å². The molecular weight excluding hydrogens is 917 g/mol. The van der Waals surface area contributed by atoms with Gasteiger partial charge in [-0.05, 0) is 122 Å². The molecule has 0 spiro atoms. The second-order valence-electron chi connectivity index (χ2n) is 19.8. The first kappa shape index (κ1) is 44.7. The first-order chi connectivity index (χ1) is 37.6. The molecule has 0 saturated heterocycles. The van der Waals surface area contributed by atoms with Crippen LogP contribution >= 0.6 is 0 Å². The minimum absolute atomic E-state index is 0.764. The van der Waals surface area contributed by atoms with Crippen molar-refractivity contribution >= 4 is 86.8 Å². The molecule has 0 aromatic heterocycles. The van der Waals surface area contributed by atoms with E-state index in [2.05, 4.69) is 273 Å². The lowest BCUT2D eigenvalue weighted by atomic mass is 9.77. The molecular formula is C74H50N2. The second kappa shape index (κ2) is 18.5. The van der Waals surface area contributed by atoms with Crippen molar-refractivity contribution in [2.45, 2.75) is 0 Å². The van der Waals surface area contributed by atoms with Crippen molar-refractivity contribution in [3.8, 4) is 66.8 Å². The lowest BCUT2D eigenvalue weighted by molar-refractivity contribution is 1.60. The number of hydrogen-bond acceptors (Lipinski definition) is 2. The van der Waals surface area contributed by atoms with Gasteiger partial charge in [-0.3, -0.25) is 0 Å². The van der Waals surface area contributed by atoms with Gasteiger partial charge in [0.15, 0.2) is 0 Å². The Morgan fingerprint density at radius 1 is 0.184 bits per heavy atom. The minimum atomic E-state index is 0.764. The van der Waals surface area contributed by atoms with Gasteiger partial charge in [0.1, 0.15) is 0 Å². The van der Waals surface area contributed by atoms with Crippen molar-refractivity contribution in [3.05, 3.63) is 279 Å². The zero-order valence-corrected chi connectivity index (χ0v) is 41.7. The quantitative estimate of drug-likeness (QED) is 0.0991. The molecule has 0 fully saturated rings. The molecule has 0 heterocycles. The van der Waals surface area contributed by atoms with Crippen molar-refractivity contribution in [1.29, 1.82) is 0 Å². The van der Waals surface area contributed by atoms with E-state index in [9.17, 15) is 0 Å². The second-order valence-corrected chi connectivity index (χ2v) is 19.8. The monoisotopic (exact) mass is 966 g/mol. The Morgan fingerprint density at radius 2 is 0.526 bits per heavy atom. The van der Waals surface area contributed by atoms with Gasteiger partial charge in [-0.15, -0.1) is 0 Å². The predicted molar refractivity (Wildman–Crippen MR) is 328 cm³/mol. The first-order valence-electron chi connectivity index (χ1n) is 26.1. The highest BCUT2D eigenvalue weighted by atomic mass is 14.6. The third kappa shape index (κ3) is 7.34. The van der Waals surface area contributed by atoms with Crippen molar-refractivity contribution in [1.82, 2.24) is 0 Å². The molecule has 0 bridgehead atoms. The Morgan fingerprint density at radius 3 is 0.974 bits per heavy atom. The van der Waals surface area contributed by atoms with Gasteiger partial charge < -0.3 is 11.5 Å². The van der Waals surface area contributed by atoms with Crippen molar-refractivity contribution in [3.63, 3.8) is 0 Å². The van der Waals surface area contributed by atoms with Crippen LogP contribution < -0.4 is 11.5 Å². The Balaban J connectivity index is 0.000000142. The average Bonchev–Trinajstić information content (AvgIpc) is 3.68. The van der Waals surface area contributed by atoms with Crippen LogP contribution in [0.3, 0.4) is 0 Å². The van der Waals surface area contributed by atoms with Crippen LogP contribution in [0.15, 0.2) is 279 Å². The summed E-state index contributed by atoms with van der Waals surface area (Å²) in [7, 11) is 0. The Labute approximate surface area is 441 Å². The Kier molecular flexibility index (Phi) is 10.9. The van der Waals surface area contributed by atoms with Crippen molar-refractivity contribution < 1.29 is 0 Å². The topological polar surface area (TPSA) is 52.0 Å². The number of rotatable bonds is 6. The Bertz CT molecular complexity index is 4490. The van der Waals surface area contributed by atoms with Gasteiger partial charge in [-0.2, -0.15) is 0 Å². The van der Waals surface area contributed by atoms with E-state index >= 15 is 0 Å². The van der Waals surface area contributed by atoms with Gasteiger partial charge in [0.2, 0.25) is 0 Å². The summed E-state index contributed by atoms with van der Waals surface area (Å²) in [6.07, 6.45) is 0. The minimum Gasteiger partial charge on any atom is -0.398 e. The molecule has 0 atom stereocenters. The number of anilines is 2. The van der Waals surface area contributed by atoms with E-state index in [1.54, 1.807) is 0 Å². The molecule has 0 aliphatic carbocycles. The molecule has 15 rings (SSSR count). The van der Waals surface area contributed by atoms with Crippen molar-refractivity contribution in [2.24, 2.45) is 0 Å². The molecule has 0 amide bonds. The maximum Gasteiger partial charge on any atom is 0.0480 e. The Hall–Kier alpha value is -10.0. The van der Waals surface area contributed by atoms with Crippen LogP contribution in [0.4, 0.5) is 11.4 Å². The summed E-state index contributed by atoms with van der Waals surface area (Å²) in [5.74, 6) is 0. The normalized spacial score (nSPS) is 11.5. The highest BCUT2D eigenvalue weighted by Crippen LogP contribution is 2.56. The molecule has 0 saturated carbocycles. The summed E-state index contributed by atoms with van der Waals surface area (Å²) in [5.41, 5.74) is 29.9. The molecule has 0 aliphatic heterocycles. The molecule has 0 unspecified atom stereocenters. The lowest BCUT2D eigenvalue weighted by Gasteiger charge is -2.27. The van der Waals surface area contributed by atoms with Crippen LogP contribution in [0.5, 0.6) is 0 Å². The van der Waals surface area contributed by atoms with Gasteiger partial charge in [0.05, 0.1) is 0 Å². The maximum atomic E-state index is 7.24. The van der Waals surface area contributed by atoms with E-state index in [1.165, 1.54) is 76.3 Å². The first-order valence-corrected chi connectivity index (χ1v) is 26.1. The summed E-state index contributed by atoms with van der Waals surface area (Å²) in [6.45, 7) is 0. The molecule has 76 heavy (non-hydrogen) atoms. The number of nitrogens with two attached hydrogens (primary N) is 2. The third-order valence-corrected chi connectivity index (χ3v) is 15.5. The van der Waals surface area contributed by atoms with Crippen LogP contribution in [0, 0.1) is 0 Å². The van der Waals surface area contributed by atoms with Crippen LogP contribution in [0.1, 0.15) is 0 Å². The fraction of sp³-hybridized carbons (Fsp3) is 0. The molecule has 0 radical (unpaired) electrons. The molecule has 4 N–H and O–H groups in total. The van der Waals surface area contributed by atoms with E-state index in [4.69, 9.17) is 11.5 Å². The van der Waals surface area contributed by atoms with Crippen LogP contribution in [-0.4, -0.2) is 0 Å². The van der Waals surface area contributed by atoms with E-state index in [-0.39, 0.29) is 0 Å². The summed E-state index contributed by atoms with van der Waals surface area (Å²) in [4.78, 5) is 0. The number of nitrogen functional groups attached to an aromatic ring is 2. The highest BCUT2D eigenvalue weighted by molar-refractivity contribution is 6.38. The summed E-state index contributed by atoms with van der Waals surface area (Å²) in [5, 5.41) is 17.0. The van der Waals surface area contributed by atoms with E-state index in [0.717, 1.165) is 77.3 Å². The van der Waals surface area contributed by atoms with Crippen LogP contribution in [-0.2, 0) is 0 Å². The van der Waals surface area contributed by atoms with Crippen LogP contribution in [0.25, 0.3) is 142 Å². The van der Waals surface area contributed by atoms with E-state index in [1.807, 2.05) is 6.07 Å². The lowest BCUT2D eigenvalue weighted by Crippen LogP contribution is -2.02. The third-order valence-electron chi connectivity index (χ3n) is 15.5. The molecule has 356 valence electrons. The molecule has 2 heteroatoms. The maximum absolute atomic E-state index is 7.24. The van der Waals surface area contributed by atoms with Crippen LogP contribution in [0.2, 0.25) is 0 Å². The highest BCUT2D eigenvalue weighted by Gasteiger charge is 2.28. The molecule has 15 aromatic carbocycles. The molecule has 15 aromatic rings. The summed E-state index contributed by atoms with van der Waals surface area (Å²) < 4.78 is 0. The van der Waals surface area contributed by atoms with Gasteiger partial charge in [0.25, 0.3) is 0 Å². The largest absolute Gasteiger partial charge is 0.398 e. The average molecular weight is 967 g/mol. The van der Waals surface area contributed by atoms with E-state index in [0.29, 0.717) is 0 Å². The smallest absolute Gasteiger partial charge is 0.0480 e. The summed E-state index contributed by atoms with van der Waals surface area (Å²) in [6, 6.07) is 99.8. The van der Waals surface area contributed by atoms with Gasteiger partial charge >= 0.3 is 0 Å². The zero-order chi connectivity index (χ0) is 50.7. The number of hydrogen-bond donors (Lipinski definition) is 2. The number of fused-ring (bicyclic) bond motifs is 4. The zero-order valence-electron chi connectivity index (χ0n) is 41.7. The van der Waals surface area contributed by atoms with Crippen molar-refractivity contribution in [2.75, 3.05) is 11.5 Å². The molecule has 0 aliphatic rings. The fourth-order valence-electron chi connectivity index (χ4n) is 12.2. The van der Waals surface area contributed by atoms with Gasteiger partial charge in [-0.25, -0.2) is 0 Å². The molecule has 2 nitrogen and oxygen atoms in total. The SMILES string of the molecule is Nc1c(-c2ccccc2)c(-c2ccccc2)c2c(-c3ccccc3)c(-c3ccccc3)c3c(N)ccc4ccc1c2c43.c1ccc2cc(-c3c4ccccc4c(-c4ccc5ccccc5c4)c4ccccc34)ccc2c1. The van der Waals surface area contributed by atoms with E-state index < -0.39 is 0 Å². The summed E-state index contributed by atoms with van der Waals surface area (Å²) >= 11 is 0.